The Bertz CT molecular complexity index is 786. The van der Waals surface area contributed by atoms with E-state index in [1.807, 2.05) is 13.8 Å². The second kappa shape index (κ2) is 7.95. The lowest BCUT2D eigenvalue weighted by Gasteiger charge is -2.30. The van der Waals surface area contributed by atoms with Gasteiger partial charge in [-0.2, -0.15) is 0 Å². The van der Waals surface area contributed by atoms with Gasteiger partial charge in [0.05, 0.1) is 10.6 Å². The van der Waals surface area contributed by atoms with Crippen LogP contribution in [0.25, 0.3) is 10.7 Å². The zero-order valence-electron chi connectivity index (χ0n) is 16.2. The van der Waals surface area contributed by atoms with Crippen molar-refractivity contribution in [3.8, 4) is 10.7 Å². The van der Waals surface area contributed by atoms with Gasteiger partial charge in [0, 0.05) is 12.1 Å². The van der Waals surface area contributed by atoms with Gasteiger partial charge in [-0.1, -0.05) is 24.2 Å². The maximum Gasteiger partial charge on any atom is 0.230 e. The van der Waals surface area contributed by atoms with Crippen LogP contribution < -0.4 is 5.32 Å². The van der Waals surface area contributed by atoms with E-state index < -0.39 is 0 Å². The Balaban J connectivity index is 1.59. The lowest BCUT2D eigenvalue weighted by Crippen LogP contribution is -2.31. The van der Waals surface area contributed by atoms with Crippen molar-refractivity contribution in [3.63, 3.8) is 0 Å². The van der Waals surface area contributed by atoms with Crippen LogP contribution >= 0.6 is 23.1 Å². The number of fused-ring (bicyclic) bond motifs is 2. The number of hydrogen-bond donors (Lipinski definition) is 1. The van der Waals surface area contributed by atoms with Crippen molar-refractivity contribution in [2.24, 2.45) is 17.8 Å². The Labute approximate surface area is 169 Å². The minimum Gasteiger partial charge on any atom is -0.353 e. The van der Waals surface area contributed by atoms with Crippen molar-refractivity contribution in [1.29, 1.82) is 0 Å². The molecule has 2 heterocycles. The molecule has 1 N–H and O–H groups in total. The molecule has 2 fully saturated rings. The predicted octanol–water partition coefficient (Wildman–Crippen LogP) is 4.62. The molecule has 2 saturated carbocycles. The minimum atomic E-state index is 0.0507. The second-order valence-corrected chi connectivity index (χ2v) is 10.1. The molecule has 0 spiro atoms. The number of thiophene rings is 1. The highest BCUT2D eigenvalue weighted by Crippen LogP contribution is 2.53. The van der Waals surface area contributed by atoms with Crippen molar-refractivity contribution in [2.75, 3.05) is 5.75 Å². The average molecular weight is 405 g/mol. The van der Waals surface area contributed by atoms with Gasteiger partial charge in [0.25, 0.3) is 0 Å². The number of carbonyl (C=O) groups is 1. The predicted molar refractivity (Wildman–Crippen MR) is 111 cm³/mol. The first-order valence-corrected chi connectivity index (χ1v) is 11.8. The molecule has 0 aromatic carbocycles. The van der Waals surface area contributed by atoms with Crippen LogP contribution in [0.2, 0.25) is 0 Å². The highest BCUT2D eigenvalue weighted by Gasteiger charge is 2.43. The van der Waals surface area contributed by atoms with E-state index in [9.17, 15) is 4.79 Å². The van der Waals surface area contributed by atoms with Gasteiger partial charge in [-0.15, -0.1) is 21.5 Å². The molecule has 146 valence electrons. The molecule has 4 unspecified atom stereocenters. The molecular formula is C20H28N4OS2. The summed E-state index contributed by atoms with van der Waals surface area (Å²) in [4.78, 5) is 13.3. The van der Waals surface area contributed by atoms with Gasteiger partial charge in [-0.25, -0.2) is 0 Å². The first-order valence-electron chi connectivity index (χ1n) is 9.94. The number of nitrogens with zero attached hydrogens (tertiary/aromatic N) is 3. The summed E-state index contributed by atoms with van der Waals surface area (Å²) in [5.74, 6) is 3.83. The first kappa shape index (κ1) is 19.0. The smallest absolute Gasteiger partial charge is 0.230 e. The molecule has 0 saturated heterocycles. The van der Waals surface area contributed by atoms with Crippen LogP contribution in [0.1, 0.15) is 52.5 Å². The van der Waals surface area contributed by atoms with E-state index >= 15 is 0 Å². The third-order valence-corrected chi connectivity index (χ3v) is 7.82. The van der Waals surface area contributed by atoms with Gasteiger partial charge in [0.2, 0.25) is 5.91 Å². The van der Waals surface area contributed by atoms with E-state index in [4.69, 9.17) is 0 Å². The average Bonchev–Trinajstić information content (AvgIpc) is 3.42. The van der Waals surface area contributed by atoms with E-state index in [2.05, 4.69) is 44.5 Å². The number of amides is 1. The van der Waals surface area contributed by atoms with Crippen molar-refractivity contribution >= 4 is 29.0 Å². The Hall–Kier alpha value is -1.34. The number of nitrogens with one attached hydrogen (secondary N) is 1. The quantitative estimate of drug-likeness (QED) is 0.684. The number of thioether (sulfide) groups is 1. The molecule has 2 aromatic heterocycles. The molecule has 2 aromatic rings. The van der Waals surface area contributed by atoms with Crippen molar-refractivity contribution in [1.82, 2.24) is 20.1 Å². The molecule has 27 heavy (non-hydrogen) atoms. The molecular weight excluding hydrogens is 376 g/mol. The number of rotatable bonds is 7. The van der Waals surface area contributed by atoms with Gasteiger partial charge in [0.15, 0.2) is 11.0 Å². The molecule has 7 heteroatoms. The summed E-state index contributed by atoms with van der Waals surface area (Å²) >= 11 is 3.20. The van der Waals surface area contributed by atoms with Crippen LogP contribution in [0.3, 0.4) is 0 Å². The molecule has 4 rings (SSSR count). The third kappa shape index (κ3) is 3.94. The van der Waals surface area contributed by atoms with E-state index in [0.717, 1.165) is 27.7 Å². The number of hydrogen-bond acceptors (Lipinski definition) is 5. The molecule has 4 atom stereocenters. The van der Waals surface area contributed by atoms with E-state index in [0.29, 0.717) is 17.7 Å². The van der Waals surface area contributed by atoms with Crippen molar-refractivity contribution in [3.05, 3.63) is 17.5 Å². The fraction of sp³-hybridized carbons (Fsp3) is 0.650. The first-order chi connectivity index (χ1) is 13.0. The summed E-state index contributed by atoms with van der Waals surface area (Å²) < 4.78 is 2.31. The van der Waals surface area contributed by atoms with Gasteiger partial charge in [-0.3, -0.25) is 9.36 Å². The topological polar surface area (TPSA) is 59.8 Å². The summed E-state index contributed by atoms with van der Waals surface area (Å²) in [5, 5.41) is 14.9. The SMILES string of the molecule is CC(C)NC(=O)CSc1nnc(-c2cccs2)n1C(C)C1CC2CCC1C2. The Morgan fingerprint density at radius 3 is 2.81 bits per heavy atom. The minimum absolute atomic E-state index is 0.0507. The molecule has 1 amide bonds. The molecule has 2 bridgehead atoms. The zero-order valence-corrected chi connectivity index (χ0v) is 17.9. The molecule has 2 aliphatic rings. The second-order valence-electron chi connectivity index (χ2n) is 8.24. The summed E-state index contributed by atoms with van der Waals surface area (Å²) in [6.45, 7) is 6.29. The number of aromatic nitrogens is 3. The van der Waals surface area contributed by atoms with E-state index in [1.165, 1.54) is 37.4 Å². The Morgan fingerprint density at radius 1 is 1.33 bits per heavy atom. The molecule has 5 nitrogen and oxygen atoms in total. The van der Waals surface area contributed by atoms with Crippen LogP contribution in [0.15, 0.2) is 22.7 Å². The highest BCUT2D eigenvalue weighted by atomic mass is 32.2. The Morgan fingerprint density at radius 2 is 2.19 bits per heavy atom. The van der Waals surface area contributed by atoms with Gasteiger partial charge < -0.3 is 5.32 Å². The zero-order chi connectivity index (χ0) is 19.0. The van der Waals surface area contributed by atoms with Crippen LogP contribution in [-0.4, -0.2) is 32.5 Å². The largest absolute Gasteiger partial charge is 0.353 e. The van der Waals surface area contributed by atoms with Crippen molar-refractivity contribution < 1.29 is 4.79 Å². The maximum atomic E-state index is 12.1. The van der Waals surface area contributed by atoms with Gasteiger partial charge in [-0.05, 0) is 69.2 Å². The number of carbonyl (C=O) groups excluding carboxylic acids is 1. The van der Waals surface area contributed by atoms with Crippen LogP contribution in [0.4, 0.5) is 0 Å². The highest BCUT2D eigenvalue weighted by molar-refractivity contribution is 7.99. The molecule has 2 aliphatic carbocycles. The fourth-order valence-electron chi connectivity index (χ4n) is 4.89. The van der Waals surface area contributed by atoms with Crippen molar-refractivity contribution in [2.45, 2.75) is 63.7 Å². The monoisotopic (exact) mass is 404 g/mol. The third-order valence-electron chi connectivity index (χ3n) is 6.01. The lowest BCUT2D eigenvalue weighted by atomic mass is 9.84. The fourth-order valence-corrected chi connectivity index (χ4v) is 6.43. The van der Waals surface area contributed by atoms with E-state index in [-0.39, 0.29) is 11.9 Å². The molecule has 0 aliphatic heterocycles. The summed E-state index contributed by atoms with van der Waals surface area (Å²) in [5.41, 5.74) is 0. The summed E-state index contributed by atoms with van der Waals surface area (Å²) in [6.07, 6.45) is 5.50. The van der Waals surface area contributed by atoms with E-state index in [1.54, 1.807) is 11.3 Å². The molecule has 0 radical (unpaired) electrons. The van der Waals surface area contributed by atoms with Gasteiger partial charge >= 0.3 is 0 Å². The van der Waals surface area contributed by atoms with Crippen LogP contribution in [0, 0.1) is 17.8 Å². The van der Waals surface area contributed by atoms with Crippen LogP contribution in [-0.2, 0) is 4.79 Å². The normalized spacial score (nSPS) is 25.3. The van der Waals surface area contributed by atoms with Gasteiger partial charge in [0.1, 0.15) is 0 Å². The maximum absolute atomic E-state index is 12.1. The summed E-state index contributed by atoms with van der Waals surface area (Å²) in [7, 11) is 0. The summed E-state index contributed by atoms with van der Waals surface area (Å²) in [6, 6.07) is 4.69. The Kier molecular flexibility index (Phi) is 5.60. The van der Waals surface area contributed by atoms with Crippen LogP contribution in [0.5, 0.6) is 0 Å². The lowest BCUT2D eigenvalue weighted by molar-refractivity contribution is -0.119. The standard InChI is InChI=1S/C20H28N4OS2/c1-12(2)21-18(25)11-27-20-23-22-19(17-5-4-8-26-17)24(20)13(3)16-10-14-6-7-15(16)9-14/h4-5,8,12-16H,6-7,9-11H2,1-3H3,(H,21,25).